The predicted molar refractivity (Wildman–Crippen MR) is 79.6 cm³/mol. The standard InChI is InChI=1S/C13H17ClN2O3S/c1-20-5-4-10(13(18)19)15-12(17)11-6-8(14)7-16(11)9-2-3-9/h6-7,9-10H,2-5H2,1H3,(H,15,17)(H,18,19). The van der Waals surface area contributed by atoms with E-state index in [-0.39, 0.29) is 5.91 Å². The summed E-state index contributed by atoms with van der Waals surface area (Å²) in [6, 6.07) is 1.04. The molecule has 0 spiro atoms. The second kappa shape index (κ2) is 6.54. The summed E-state index contributed by atoms with van der Waals surface area (Å²) in [6.45, 7) is 0. The van der Waals surface area contributed by atoms with Gasteiger partial charge in [0.25, 0.3) is 5.91 Å². The maximum absolute atomic E-state index is 12.2. The van der Waals surface area contributed by atoms with E-state index in [1.807, 2.05) is 10.8 Å². The first-order valence-corrected chi connectivity index (χ1v) is 8.20. The molecule has 1 aromatic rings. The summed E-state index contributed by atoms with van der Waals surface area (Å²) in [5.41, 5.74) is 0.438. The quantitative estimate of drug-likeness (QED) is 0.810. The first kappa shape index (κ1) is 15.3. The molecule has 2 rings (SSSR count). The number of nitrogens with zero attached hydrogens (tertiary/aromatic N) is 1. The van der Waals surface area contributed by atoms with Gasteiger partial charge >= 0.3 is 5.97 Å². The molecule has 1 saturated carbocycles. The number of carbonyl (C=O) groups is 2. The second-order valence-corrected chi connectivity index (χ2v) is 6.25. The van der Waals surface area contributed by atoms with Crippen LogP contribution < -0.4 is 5.32 Å². The lowest BCUT2D eigenvalue weighted by molar-refractivity contribution is -0.139. The highest BCUT2D eigenvalue weighted by atomic mass is 35.5. The Morgan fingerprint density at radius 3 is 2.85 bits per heavy atom. The third-order valence-electron chi connectivity index (χ3n) is 3.20. The molecule has 0 saturated heterocycles. The SMILES string of the molecule is CSCCC(NC(=O)c1cc(Cl)cn1C1CC1)C(=O)O. The number of halogens is 1. The normalized spacial score (nSPS) is 15.9. The van der Waals surface area contributed by atoms with Crippen LogP contribution in [0.3, 0.4) is 0 Å². The van der Waals surface area contributed by atoms with Gasteiger partial charge < -0.3 is 15.0 Å². The van der Waals surface area contributed by atoms with E-state index in [4.69, 9.17) is 16.7 Å². The average molecular weight is 317 g/mol. The number of hydrogen-bond acceptors (Lipinski definition) is 3. The minimum atomic E-state index is -1.01. The Morgan fingerprint density at radius 2 is 2.30 bits per heavy atom. The van der Waals surface area contributed by atoms with Crippen LogP contribution in [-0.2, 0) is 4.79 Å². The highest BCUT2D eigenvalue weighted by Crippen LogP contribution is 2.37. The van der Waals surface area contributed by atoms with Crippen LogP contribution in [0.2, 0.25) is 5.02 Å². The summed E-state index contributed by atoms with van der Waals surface area (Å²) in [5.74, 6) is -0.706. The summed E-state index contributed by atoms with van der Waals surface area (Å²) in [6.07, 6.45) is 6.09. The zero-order chi connectivity index (χ0) is 14.7. The zero-order valence-electron chi connectivity index (χ0n) is 11.1. The molecule has 0 radical (unpaired) electrons. The van der Waals surface area contributed by atoms with E-state index in [9.17, 15) is 9.59 Å². The van der Waals surface area contributed by atoms with Crippen molar-refractivity contribution in [3.05, 3.63) is 23.0 Å². The molecular weight excluding hydrogens is 300 g/mol. The smallest absolute Gasteiger partial charge is 0.326 e. The molecule has 5 nitrogen and oxygen atoms in total. The van der Waals surface area contributed by atoms with Crippen LogP contribution in [0.15, 0.2) is 12.3 Å². The summed E-state index contributed by atoms with van der Waals surface area (Å²) < 4.78 is 1.84. The highest BCUT2D eigenvalue weighted by molar-refractivity contribution is 7.98. The van der Waals surface area contributed by atoms with Crippen molar-refractivity contribution in [3.8, 4) is 0 Å². The molecule has 0 aliphatic heterocycles. The number of aromatic nitrogens is 1. The molecule has 1 unspecified atom stereocenters. The lowest BCUT2D eigenvalue weighted by atomic mass is 10.2. The Kier molecular flexibility index (Phi) is 4.99. The van der Waals surface area contributed by atoms with E-state index in [0.717, 1.165) is 12.8 Å². The molecule has 110 valence electrons. The Balaban J connectivity index is 2.08. The maximum atomic E-state index is 12.2. The van der Waals surface area contributed by atoms with Gasteiger partial charge in [0.05, 0.1) is 5.02 Å². The monoisotopic (exact) mass is 316 g/mol. The van der Waals surface area contributed by atoms with E-state index in [1.165, 1.54) is 0 Å². The number of carbonyl (C=O) groups excluding carboxylic acids is 1. The van der Waals surface area contributed by atoms with Gasteiger partial charge in [-0.1, -0.05) is 11.6 Å². The third-order valence-corrected chi connectivity index (χ3v) is 4.05. The van der Waals surface area contributed by atoms with Crippen LogP contribution in [0.25, 0.3) is 0 Å². The number of thioether (sulfide) groups is 1. The Bertz CT molecular complexity index is 514. The highest BCUT2D eigenvalue weighted by Gasteiger charge is 2.29. The van der Waals surface area contributed by atoms with Crippen molar-refractivity contribution < 1.29 is 14.7 Å². The summed E-state index contributed by atoms with van der Waals surface area (Å²) in [5, 5.41) is 12.2. The van der Waals surface area contributed by atoms with Gasteiger partial charge in [-0.25, -0.2) is 4.79 Å². The van der Waals surface area contributed by atoms with E-state index in [2.05, 4.69) is 5.32 Å². The molecule has 0 bridgehead atoms. The Hall–Kier alpha value is -1.14. The second-order valence-electron chi connectivity index (χ2n) is 4.83. The van der Waals surface area contributed by atoms with Gasteiger partial charge in [-0.2, -0.15) is 11.8 Å². The van der Waals surface area contributed by atoms with Crippen LogP contribution in [0, 0.1) is 0 Å². The zero-order valence-corrected chi connectivity index (χ0v) is 12.7. The molecule has 1 aliphatic rings. The lowest BCUT2D eigenvalue weighted by Gasteiger charge is -2.15. The van der Waals surface area contributed by atoms with Crippen molar-refractivity contribution >= 4 is 35.2 Å². The van der Waals surface area contributed by atoms with Crippen molar-refractivity contribution in [3.63, 3.8) is 0 Å². The lowest BCUT2D eigenvalue weighted by Crippen LogP contribution is -2.41. The molecule has 1 atom stereocenters. The number of amides is 1. The van der Waals surface area contributed by atoms with Gasteiger partial charge in [0.15, 0.2) is 0 Å². The van der Waals surface area contributed by atoms with Crippen molar-refractivity contribution in [2.24, 2.45) is 0 Å². The van der Waals surface area contributed by atoms with Crippen molar-refractivity contribution in [2.45, 2.75) is 31.3 Å². The fourth-order valence-corrected chi connectivity index (χ4v) is 2.69. The van der Waals surface area contributed by atoms with Crippen LogP contribution in [0.4, 0.5) is 0 Å². The van der Waals surface area contributed by atoms with Crippen LogP contribution in [0.5, 0.6) is 0 Å². The number of aliphatic carboxylic acids is 1. The van der Waals surface area contributed by atoms with E-state index < -0.39 is 12.0 Å². The molecule has 1 aromatic heterocycles. The summed E-state index contributed by atoms with van der Waals surface area (Å²) in [7, 11) is 0. The molecule has 20 heavy (non-hydrogen) atoms. The predicted octanol–water partition coefficient (Wildman–Crippen LogP) is 2.41. The molecule has 7 heteroatoms. The fraction of sp³-hybridized carbons (Fsp3) is 0.538. The van der Waals surface area contributed by atoms with Gasteiger partial charge in [-0.05, 0) is 37.3 Å². The number of nitrogens with one attached hydrogen (secondary N) is 1. The average Bonchev–Trinajstić information content (AvgIpc) is 3.16. The largest absolute Gasteiger partial charge is 0.480 e. The Morgan fingerprint density at radius 1 is 1.60 bits per heavy atom. The van der Waals surface area contributed by atoms with Gasteiger partial charge in [0.2, 0.25) is 0 Å². The minimum absolute atomic E-state index is 0.317. The molecule has 1 amide bonds. The van der Waals surface area contributed by atoms with Gasteiger partial charge in [0, 0.05) is 12.2 Å². The molecule has 0 aromatic carbocycles. The first-order valence-electron chi connectivity index (χ1n) is 6.43. The molecule has 1 heterocycles. The van der Waals surface area contributed by atoms with Crippen LogP contribution >= 0.6 is 23.4 Å². The number of carboxylic acids is 1. The van der Waals surface area contributed by atoms with E-state index in [1.54, 1.807) is 24.0 Å². The van der Waals surface area contributed by atoms with Crippen molar-refractivity contribution in [2.75, 3.05) is 12.0 Å². The van der Waals surface area contributed by atoms with E-state index in [0.29, 0.717) is 28.9 Å². The molecule has 1 aliphatic carbocycles. The van der Waals surface area contributed by atoms with Crippen molar-refractivity contribution in [1.29, 1.82) is 0 Å². The summed E-state index contributed by atoms with van der Waals surface area (Å²) >= 11 is 7.50. The van der Waals surface area contributed by atoms with E-state index >= 15 is 0 Å². The van der Waals surface area contributed by atoms with Crippen molar-refractivity contribution in [1.82, 2.24) is 9.88 Å². The van der Waals surface area contributed by atoms with Crippen LogP contribution in [0.1, 0.15) is 35.8 Å². The van der Waals surface area contributed by atoms with Gasteiger partial charge in [-0.15, -0.1) is 0 Å². The van der Waals surface area contributed by atoms with Crippen LogP contribution in [-0.4, -0.2) is 39.6 Å². The Labute approximate surface area is 126 Å². The number of carboxylic acid groups (broad SMARTS) is 1. The maximum Gasteiger partial charge on any atom is 0.326 e. The third kappa shape index (κ3) is 3.70. The molecule has 1 fully saturated rings. The number of hydrogen-bond donors (Lipinski definition) is 2. The van der Waals surface area contributed by atoms with Gasteiger partial charge in [0.1, 0.15) is 11.7 Å². The van der Waals surface area contributed by atoms with Gasteiger partial charge in [-0.3, -0.25) is 4.79 Å². The topological polar surface area (TPSA) is 71.3 Å². The number of rotatable bonds is 7. The summed E-state index contributed by atoms with van der Waals surface area (Å²) in [4.78, 5) is 23.4. The minimum Gasteiger partial charge on any atom is -0.480 e. The molecular formula is C13H17ClN2O3S. The molecule has 2 N–H and O–H groups in total. The fourth-order valence-electron chi connectivity index (χ4n) is 2.01. The first-order chi connectivity index (χ1) is 9.52.